The molecule has 0 saturated carbocycles. The molecule has 3 aliphatic rings. The van der Waals surface area contributed by atoms with Crippen molar-refractivity contribution in [3.63, 3.8) is 0 Å². The lowest BCUT2D eigenvalue weighted by Gasteiger charge is -2.55. The molecule has 0 aliphatic carbocycles. The molecule has 3 fully saturated rings. The van der Waals surface area contributed by atoms with E-state index in [1.165, 1.54) is 23.1 Å². The smallest absolute Gasteiger partial charge is 0.341 e. The van der Waals surface area contributed by atoms with Crippen LogP contribution in [0.15, 0.2) is 46.9 Å². The van der Waals surface area contributed by atoms with Crippen LogP contribution in [-0.4, -0.2) is 96.0 Å². The van der Waals surface area contributed by atoms with E-state index in [0.29, 0.717) is 32.0 Å². The zero-order valence-corrected chi connectivity index (χ0v) is 25.1. The first-order valence-electron chi connectivity index (χ1n) is 14.3. The molecule has 12 heteroatoms. The second-order valence-corrected chi connectivity index (χ2v) is 12.8. The van der Waals surface area contributed by atoms with Crippen LogP contribution in [0.25, 0.3) is 0 Å². The number of hydrogen-bond donors (Lipinski definition) is 1. The van der Waals surface area contributed by atoms with Gasteiger partial charge in [-0.1, -0.05) is 28.1 Å². The Morgan fingerprint density at radius 3 is 2.57 bits per heavy atom. The van der Waals surface area contributed by atoms with E-state index in [0.717, 1.165) is 56.7 Å². The number of nitrogens with two attached hydrogens (primary N) is 1. The molecule has 0 radical (unpaired) electrons. The standard InChI is InChI=1S/C30H36BrF4N5O2/c1-37(28(42)22-13-23(30(33,34)35)15-24(31)14-22)16-21(20-4-6-25(32)7-5-20)8-10-38-17-26(18-38)39-11-12-40-27(41)3-2-9-29(40,36)19-39/h4-7,13-15,21,26H,2-3,8-12,16-19,36H2,1H3/t21-,29?/m1/s1. The Morgan fingerprint density at radius 2 is 1.88 bits per heavy atom. The number of piperazine rings is 1. The van der Waals surface area contributed by atoms with Crippen molar-refractivity contribution in [2.24, 2.45) is 5.73 Å². The molecule has 2 atom stereocenters. The van der Waals surface area contributed by atoms with Gasteiger partial charge in [0.25, 0.3) is 5.91 Å². The van der Waals surface area contributed by atoms with Gasteiger partial charge in [0.05, 0.1) is 5.56 Å². The van der Waals surface area contributed by atoms with Crippen LogP contribution in [0.5, 0.6) is 0 Å². The molecule has 228 valence electrons. The van der Waals surface area contributed by atoms with Gasteiger partial charge in [-0.05, 0) is 61.7 Å². The van der Waals surface area contributed by atoms with Crippen LogP contribution in [0, 0.1) is 5.82 Å². The molecule has 7 nitrogen and oxygen atoms in total. The zero-order chi connectivity index (χ0) is 30.2. The van der Waals surface area contributed by atoms with E-state index in [2.05, 4.69) is 25.7 Å². The van der Waals surface area contributed by atoms with Gasteiger partial charge < -0.3 is 20.4 Å². The maximum atomic E-state index is 13.7. The molecule has 2 aromatic carbocycles. The van der Waals surface area contributed by atoms with Gasteiger partial charge in [0.15, 0.2) is 0 Å². The van der Waals surface area contributed by atoms with E-state index < -0.39 is 23.3 Å². The Morgan fingerprint density at radius 1 is 1.17 bits per heavy atom. The fourth-order valence-corrected chi connectivity index (χ4v) is 6.94. The number of nitrogens with zero attached hydrogens (tertiary/aromatic N) is 4. The normalized spacial score (nSPS) is 22.9. The Labute approximate surface area is 251 Å². The summed E-state index contributed by atoms with van der Waals surface area (Å²) in [5.74, 6) is -0.876. The highest BCUT2D eigenvalue weighted by molar-refractivity contribution is 9.10. The van der Waals surface area contributed by atoms with Gasteiger partial charge in [-0.15, -0.1) is 0 Å². The molecule has 5 rings (SSSR count). The SMILES string of the molecule is CN(C[C@@H](CCN1CC(N2CCN3C(=O)CCCC3(N)C2)C1)c1ccc(F)cc1)C(=O)c1cc(Br)cc(C(F)(F)F)c1. The molecule has 0 aromatic heterocycles. The molecule has 3 heterocycles. The number of carbonyl (C=O) groups is 2. The van der Waals surface area contributed by atoms with E-state index in [4.69, 9.17) is 5.73 Å². The van der Waals surface area contributed by atoms with Crippen molar-refractivity contribution < 1.29 is 27.2 Å². The fraction of sp³-hybridized carbons (Fsp3) is 0.533. The monoisotopic (exact) mass is 653 g/mol. The third kappa shape index (κ3) is 6.82. The minimum atomic E-state index is -4.57. The van der Waals surface area contributed by atoms with Gasteiger partial charge in [-0.2, -0.15) is 13.2 Å². The van der Waals surface area contributed by atoms with Gasteiger partial charge in [-0.25, -0.2) is 4.39 Å². The first-order valence-corrected chi connectivity index (χ1v) is 15.1. The summed E-state index contributed by atoms with van der Waals surface area (Å²) in [6.45, 7) is 4.89. The molecular formula is C30H36BrF4N5O2. The van der Waals surface area contributed by atoms with E-state index >= 15 is 0 Å². The Hall–Kier alpha value is -2.54. The lowest BCUT2D eigenvalue weighted by Crippen LogP contribution is -2.74. The molecule has 3 aliphatic heterocycles. The lowest BCUT2D eigenvalue weighted by molar-refractivity contribution is -0.150. The Bertz CT molecular complexity index is 1300. The predicted molar refractivity (Wildman–Crippen MR) is 154 cm³/mol. The average Bonchev–Trinajstić information content (AvgIpc) is 2.90. The highest BCUT2D eigenvalue weighted by Gasteiger charge is 2.46. The van der Waals surface area contributed by atoms with Crippen LogP contribution < -0.4 is 5.73 Å². The number of alkyl halides is 3. The number of piperidine rings is 1. The van der Waals surface area contributed by atoms with Gasteiger partial charge >= 0.3 is 6.18 Å². The number of likely N-dealkylation sites (tertiary alicyclic amines) is 1. The van der Waals surface area contributed by atoms with Crippen molar-refractivity contribution in [2.45, 2.75) is 49.5 Å². The van der Waals surface area contributed by atoms with Crippen molar-refractivity contribution in [3.05, 3.63) is 69.4 Å². The number of amides is 2. The molecule has 2 aromatic rings. The Kier molecular flexibility index (Phi) is 8.99. The molecule has 42 heavy (non-hydrogen) atoms. The van der Waals surface area contributed by atoms with Crippen LogP contribution in [0.1, 0.15) is 53.1 Å². The third-order valence-corrected chi connectivity index (χ3v) is 9.29. The molecule has 2 amide bonds. The topological polar surface area (TPSA) is 73.1 Å². The largest absolute Gasteiger partial charge is 0.416 e. The molecule has 3 saturated heterocycles. The van der Waals surface area contributed by atoms with Gasteiger partial charge in [-0.3, -0.25) is 14.5 Å². The van der Waals surface area contributed by atoms with Crippen molar-refractivity contribution in [3.8, 4) is 0 Å². The second kappa shape index (κ2) is 12.2. The summed E-state index contributed by atoms with van der Waals surface area (Å²) in [5, 5.41) is 0. The first kappa shape index (κ1) is 30.9. The number of benzene rings is 2. The number of halogens is 5. The summed E-state index contributed by atoms with van der Waals surface area (Å²) in [5.41, 5.74) is 5.98. The van der Waals surface area contributed by atoms with Crippen LogP contribution in [-0.2, 0) is 11.0 Å². The third-order valence-electron chi connectivity index (χ3n) is 8.83. The number of rotatable bonds is 8. The zero-order valence-electron chi connectivity index (χ0n) is 23.5. The van der Waals surface area contributed by atoms with Crippen molar-refractivity contribution in [2.75, 3.05) is 52.9 Å². The maximum absolute atomic E-state index is 13.7. The van der Waals surface area contributed by atoms with E-state index in [1.807, 2.05) is 4.90 Å². The number of carbonyl (C=O) groups excluding carboxylic acids is 2. The molecule has 0 spiro atoms. The summed E-state index contributed by atoms with van der Waals surface area (Å²) < 4.78 is 53.9. The van der Waals surface area contributed by atoms with E-state index in [-0.39, 0.29) is 34.2 Å². The number of hydrogen-bond acceptors (Lipinski definition) is 5. The first-order chi connectivity index (χ1) is 19.8. The summed E-state index contributed by atoms with van der Waals surface area (Å²) >= 11 is 3.09. The average molecular weight is 655 g/mol. The van der Waals surface area contributed by atoms with Crippen LogP contribution in [0.4, 0.5) is 17.6 Å². The Balaban J connectivity index is 1.20. The fourth-order valence-electron chi connectivity index (χ4n) is 6.45. The highest BCUT2D eigenvalue weighted by Crippen LogP contribution is 2.33. The number of likely N-dealkylation sites (N-methyl/N-ethyl adjacent to an activating group) is 1. The predicted octanol–water partition coefficient (Wildman–Crippen LogP) is 4.52. The maximum Gasteiger partial charge on any atom is 0.416 e. The summed E-state index contributed by atoms with van der Waals surface area (Å²) in [4.78, 5) is 33.5. The van der Waals surface area contributed by atoms with E-state index in [9.17, 15) is 27.2 Å². The van der Waals surface area contributed by atoms with Crippen LogP contribution >= 0.6 is 15.9 Å². The molecule has 0 bridgehead atoms. The lowest BCUT2D eigenvalue weighted by atomic mass is 9.90. The van der Waals surface area contributed by atoms with Gasteiger partial charge in [0, 0.05) is 74.7 Å². The summed E-state index contributed by atoms with van der Waals surface area (Å²) in [6, 6.07) is 9.71. The molecular weight excluding hydrogens is 618 g/mol. The second-order valence-electron chi connectivity index (χ2n) is 11.8. The minimum Gasteiger partial charge on any atom is -0.341 e. The van der Waals surface area contributed by atoms with Crippen molar-refractivity contribution >= 4 is 27.7 Å². The quantitative estimate of drug-likeness (QED) is 0.424. The molecule has 1 unspecified atom stereocenters. The van der Waals surface area contributed by atoms with Crippen molar-refractivity contribution in [1.82, 2.24) is 19.6 Å². The van der Waals surface area contributed by atoms with Gasteiger partial charge in [0.1, 0.15) is 11.5 Å². The minimum absolute atomic E-state index is 0.0555. The number of fused-ring (bicyclic) bond motifs is 1. The van der Waals surface area contributed by atoms with Crippen LogP contribution in [0.3, 0.4) is 0 Å². The summed E-state index contributed by atoms with van der Waals surface area (Å²) in [6.07, 6.45) is -1.68. The van der Waals surface area contributed by atoms with Crippen LogP contribution in [0.2, 0.25) is 0 Å². The highest BCUT2D eigenvalue weighted by atomic mass is 79.9. The van der Waals surface area contributed by atoms with Gasteiger partial charge in [0.2, 0.25) is 5.91 Å². The van der Waals surface area contributed by atoms with E-state index in [1.54, 1.807) is 19.2 Å². The van der Waals surface area contributed by atoms with Crippen molar-refractivity contribution in [1.29, 1.82) is 0 Å². The summed E-state index contributed by atoms with van der Waals surface area (Å²) in [7, 11) is 1.57. The molecule has 2 N–H and O–H groups in total.